The van der Waals surface area contributed by atoms with E-state index in [1.54, 1.807) is 9.58 Å². The third-order valence-corrected chi connectivity index (χ3v) is 4.57. The summed E-state index contributed by atoms with van der Waals surface area (Å²) in [5.74, 6) is 0.262. The van der Waals surface area contributed by atoms with Crippen molar-refractivity contribution in [3.63, 3.8) is 0 Å². The topological polar surface area (TPSA) is 108 Å². The molecule has 3 N–H and O–H groups in total. The van der Waals surface area contributed by atoms with Gasteiger partial charge in [0.1, 0.15) is 5.39 Å². The van der Waals surface area contributed by atoms with Gasteiger partial charge in [-0.25, -0.2) is 4.68 Å². The highest BCUT2D eigenvalue weighted by molar-refractivity contribution is 5.92. The molecule has 2 aromatic heterocycles. The van der Waals surface area contributed by atoms with E-state index in [0.717, 1.165) is 11.3 Å². The summed E-state index contributed by atoms with van der Waals surface area (Å²) in [4.78, 5) is 33.6. The molecule has 31 heavy (non-hydrogen) atoms. The van der Waals surface area contributed by atoms with E-state index in [9.17, 15) is 9.59 Å². The molecule has 9 nitrogen and oxygen atoms in total. The number of hydrogen-bond donors (Lipinski definition) is 3. The lowest BCUT2D eigenvalue weighted by Crippen LogP contribution is -2.27. The Hall–Kier alpha value is -3.98. The van der Waals surface area contributed by atoms with Crippen molar-refractivity contribution in [2.45, 2.75) is 6.54 Å². The van der Waals surface area contributed by atoms with Gasteiger partial charge in [0.2, 0.25) is 11.9 Å². The van der Waals surface area contributed by atoms with E-state index in [2.05, 4.69) is 25.7 Å². The van der Waals surface area contributed by atoms with Crippen LogP contribution in [0.1, 0.15) is 5.56 Å². The van der Waals surface area contributed by atoms with Crippen LogP contribution in [-0.4, -0.2) is 51.2 Å². The van der Waals surface area contributed by atoms with Crippen LogP contribution in [0.15, 0.2) is 65.6 Å². The molecule has 0 saturated heterocycles. The van der Waals surface area contributed by atoms with E-state index in [1.807, 2.05) is 68.7 Å². The number of anilines is 2. The van der Waals surface area contributed by atoms with Gasteiger partial charge in [0.05, 0.1) is 18.4 Å². The average Bonchev–Trinajstić information content (AvgIpc) is 3.17. The Kier molecular flexibility index (Phi) is 5.76. The van der Waals surface area contributed by atoms with Gasteiger partial charge in [0.15, 0.2) is 5.65 Å². The van der Waals surface area contributed by atoms with Gasteiger partial charge in [-0.2, -0.15) is 10.1 Å². The van der Waals surface area contributed by atoms with Crippen molar-refractivity contribution in [1.29, 1.82) is 0 Å². The van der Waals surface area contributed by atoms with Crippen LogP contribution in [0.5, 0.6) is 0 Å². The number of carbonyl (C=O) groups excluding carboxylic acids is 1. The summed E-state index contributed by atoms with van der Waals surface area (Å²) < 4.78 is 1.64. The Bertz CT molecular complexity index is 1260. The molecule has 0 aliphatic rings. The predicted molar refractivity (Wildman–Crippen MR) is 120 cm³/mol. The third kappa shape index (κ3) is 4.78. The van der Waals surface area contributed by atoms with Crippen LogP contribution in [0, 0.1) is 0 Å². The molecule has 2 aromatic carbocycles. The maximum Gasteiger partial charge on any atom is 0.263 e. The van der Waals surface area contributed by atoms with Gasteiger partial charge >= 0.3 is 0 Å². The van der Waals surface area contributed by atoms with E-state index >= 15 is 0 Å². The van der Waals surface area contributed by atoms with E-state index < -0.39 is 0 Å². The number of aromatic nitrogens is 4. The Balaban J connectivity index is 1.53. The number of fused-ring (bicyclic) bond motifs is 1. The molecule has 4 aromatic rings. The van der Waals surface area contributed by atoms with Crippen molar-refractivity contribution >= 4 is 28.6 Å². The zero-order valence-electron chi connectivity index (χ0n) is 17.3. The van der Waals surface area contributed by atoms with Crippen molar-refractivity contribution in [2.24, 2.45) is 0 Å². The van der Waals surface area contributed by atoms with E-state index in [4.69, 9.17) is 0 Å². The minimum atomic E-state index is -0.264. The first-order valence-electron chi connectivity index (χ1n) is 9.80. The maximum atomic E-state index is 12.5. The molecule has 4 rings (SSSR count). The summed E-state index contributed by atoms with van der Waals surface area (Å²) in [5, 5.41) is 10.7. The number of nitrogens with zero attached hydrogens (tertiary/aromatic N) is 4. The van der Waals surface area contributed by atoms with Crippen molar-refractivity contribution in [3.8, 4) is 5.69 Å². The molecule has 0 fully saturated rings. The van der Waals surface area contributed by atoms with Gasteiger partial charge < -0.3 is 15.5 Å². The number of aromatic amines is 1. The van der Waals surface area contributed by atoms with Crippen LogP contribution < -0.4 is 16.2 Å². The molecule has 0 unspecified atom stereocenters. The molecule has 0 radical (unpaired) electrons. The lowest BCUT2D eigenvalue weighted by Gasteiger charge is -2.11. The van der Waals surface area contributed by atoms with Gasteiger partial charge in [0.25, 0.3) is 5.56 Å². The maximum absolute atomic E-state index is 12.5. The smallest absolute Gasteiger partial charge is 0.263 e. The van der Waals surface area contributed by atoms with E-state index in [0.29, 0.717) is 35.8 Å². The molecule has 0 atom stereocenters. The molecule has 0 saturated carbocycles. The molecular formula is C22H23N7O2. The van der Waals surface area contributed by atoms with Gasteiger partial charge in [-0.15, -0.1) is 0 Å². The standard InChI is InChI=1S/C22H23N7O2/c1-28(2)14-19(30)25-16-8-6-7-15(11-16)12-23-22-26-20-18(21(31)27-22)13-24-29(20)17-9-4-3-5-10-17/h3-11,13H,12,14H2,1-2H3,(H,25,30)(H2,23,26,27,31). The molecular weight excluding hydrogens is 394 g/mol. The summed E-state index contributed by atoms with van der Waals surface area (Å²) in [5.41, 5.74) is 2.68. The number of benzene rings is 2. The lowest BCUT2D eigenvalue weighted by atomic mass is 10.2. The quantitative estimate of drug-likeness (QED) is 0.426. The van der Waals surface area contributed by atoms with Crippen LogP contribution in [-0.2, 0) is 11.3 Å². The number of rotatable bonds is 7. The molecule has 2 heterocycles. The summed E-state index contributed by atoms with van der Waals surface area (Å²) >= 11 is 0. The number of para-hydroxylation sites is 1. The first kappa shape index (κ1) is 20.3. The second-order valence-electron chi connectivity index (χ2n) is 7.38. The molecule has 0 aliphatic heterocycles. The molecule has 0 bridgehead atoms. The highest BCUT2D eigenvalue weighted by Crippen LogP contribution is 2.16. The molecule has 9 heteroatoms. The van der Waals surface area contributed by atoms with E-state index in [-0.39, 0.29) is 11.5 Å². The predicted octanol–water partition coefficient (Wildman–Crippen LogP) is 2.22. The first-order valence-corrected chi connectivity index (χ1v) is 9.80. The largest absolute Gasteiger partial charge is 0.352 e. The lowest BCUT2D eigenvalue weighted by molar-refractivity contribution is -0.116. The van der Waals surface area contributed by atoms with Crippen LogP contribution in [0.25, 0.3) is 16.7 Å². The normalized spacial score (nSPS) is 11.1. The third-order valence-electron chi connectivity index (χ3n) is 4.57. The number of likely N-dealkylation sites (N-methyl/N-ethyl adjacent to an activating group) is 1. The molecule has 1 amide bonds. The van der Waals surface area contributed by atoms with Crippen molar-refractivity contribution in [1.82, 2.24) is 24.6 Å². The summed E-state index contributed by atoms with van der Waals surface area (Å²) in [6.07, 6.45) is 1.51. The minimum Gasteiger partial charge on any atom is -0.352 e. The monoisotopic (exact) mass is 417 g/mol. The number of amides is 1. The zero-order chi connectivity index (χ0) is 21.8. The summed E-state index contributed by atoms with van der Waals surface area (Å²) in [6.45, 7) is 0.730. The van der Waals surface area contributed by atoms with E-state index in [1.165, 1.54) is 6.20 Å². The van der Waals surface area contributed by atoms with Crippen LogP contribution >= 0.6 is 0 Å². The Labute approximate surface area is 178 Å². The number of nitrogens with one attached hydrogen (secondary N) is 3. The van der Waals surface area contributed by atoms with Crippen molar-refractivity contribution in [2.75, 3.05) is 31.3 Å². The van der Waals surface area contributed by atoms with Gasteiger partial charge in [-0.1, -0.05) is 30.3 Å². The van der Waals surface area contributed by atoms with Crippen LogP contribution in [0.2, 0.25) is 0 Å². The fraction of sp³-hybridized carbons (Fsp3) is 0.182. The van der Waals surface area contributed by atoms with Crippen molar-refractivity contribution < 1.29 is 4.79 Å². The van der Waals surface area contributed by atoms with Crippen LogP contribution in [0.3, 0.4) is 0 Å². The molecule has 0 aliphatic carbocycles. The molecule has 0 spiro atoms. The Morgan fingerprint density at radius 3 is 2.71 bits per heavy atom. The number of hydrogen-bond acceptors (Lipinski definition) is 6. The minimum absolute atomic E-state index is 0.0827. The Morgan fingerprint density at radius 2 is 1.94 bits per heavy atom. The Morgan fingerprint density at radius 1 is 1.13 bits per heavy atom. The fourth-order valence-electron chi connectivity index (χ4n) is 3.19. The first-order chi connectivity index (χ1) is 15.0. The second-order valence-corrected chi connectivity index (χ2v) is 7.38. The number of H-pyrrole nitrogens is 1. The van der Waals surface area contributed by atoms with Gasteiger partial charge in [-0.05, 0) is 43.9 Å². The van der Waals surface area contributed by atoms with Gasteiger partial charge in [0, 0.05) is 12.2 Å². The summed E-state index contributed by atoms with van der Waals surface area (Å²) in [6, 6.07) is 17.0. The molecule has 158 valence electrons. The number of carbonyl (C=O) groups is 1. The highest BCUT2D eigenvalue weighted by atomic mass is 16.2. The van der Waals surface area contributed by atoms with Crippen molar-refractivity contribution in [3.05, 3.63) is 76.7 Å². The van der Waals surface area contributed by atoms with Gasteiger partial charge in [-0.3, -0.25) is 14.6 Å². The summed E-state index contributed by atoms with van der Waals surface area (Å²) in [7, 11) is 3.68. The highest BCUT2D eigenvalue weighted by Gasteiger charge is 2.11. The second kappa shape index (κ2) is 8.80. The zero-order valence-corrected chi connectivity index (χ0v) is 17.3. The van der Waals surface area contributed by atoms with Crippen LogP contribution in [0.4, 0.5) is 11.6 Å². The SMILES string of the molecule is CN(C)CC(=O)Nc1cccc(CNc2nc3c(cnn3-c3ccccc3)c(=O)[nH]2)c1. The average molecular weight is 417 g/mol. The fourth-order valence-corrected chi connectivity index (χ4v) is 3.19.